The maximum atomic E-state index is 12.7. The second-order valence-electron chi connectivity index (χ2n) is 7.25. The molecule has 0 radical (unpaired) electrons. The highest BCUT2D eigenvalue weighted by Crippen LogP contribution is 2.29. The first-order chi connectivity index (χ1) is 16.2. The number of benzene rings is 3. The second-order valence-corrected chi connectivity index (χ2v) is 9.34. The fourth-order valence-corrected chi connectivity index (χ4v) is 4.55. The van der Waals surface area contributed by atoms with E-state index >= 15 is 0 Å². The van der Waals surface area contributed by atoms with E-state index in [1.165, 1.54) is 25.3 Å². The molecule has 0 saturated carbocycles. The molecule has 1 atom stereocenters. The maximum absolute atomic E-state index is 12.7. The molecule has 0 bridgehead atoms. The van der Waals surface area contributed by atoms with Crippen molar-refractivity contribution in [3.8, 4) is 17.2 Å². The monoisotopic (exact) mass is 504 g/mol. The van der Waals surface area contributed by atoms with E-state index < -0.39 is 10.0 Å². The molecule has 3 rings (SSSR count). The first kappa shape index (κ1) is 25.2. The highest BCUT2D eigenvalue weighted by Gasteiger charge is 2.18. The van der Waals surface area contributed by atoms with Crippen molar-refractivity contribution in [2.45, 2.75) is 17.9 Å². The summed E-state index contributed by atoms with van der Waals surface area (Å²) >= 11 is 6.22. The minimum Gasteiger partial charge on any atom is -0.497 e. The number of amides is 1. The van der Waals surface area contributed by atoms with Gasteiger partial charge in [0.05, 0.1) is 30.2 Å². The van der Waals surface area contributed by atoms with Crippen molar-refractivity contribution in [3.05, 3.63) is 77.3 Å². The molecule has 0 saturated heterocycles. The van der Waals surface area contributed by atoms with Crippen LogP contribution >= 0.6 is 11.6 Å². The third-order valence-corrected chi connectivity index (χ3v) is 6.57. The zero-order valence-corrected chi connectivity index (χ0v) is 20.4. The molecular weight excluding hydrogens is 480 g/mol. The Hall–Kier alpha value is -3.43. The number of anilines is 1. The summed E-state index contributed by atoms with van der Waals surface area (Å²) < 4.78 is 43.7. The molecule has 1 amide bonds. The summed E-state index contributed by atoms with van der Waals surface area (Å²) in [5, 5.41) is 2.89. The van der Waals surface area contributed by atoms with Crippen LogP contribution < -0.4 is 24.2 Å². The number of nitrogens with one attached hydrogen (secondary N) is 2. The standard InChI is InChI=1S/C24H25ClN2O6S/c1-16(20-6-4-5-7-22(20)32-3)26-24(28)15-33-23-13-12-19(14-21(23)25)34(29,30)27-17-8-10-18(31-2)11-9-17/h4-14,16,27H,15H2,1-3H3,(H,26,28)/t16-/m1/s1. The summed E-state index contributed by atoms with van der Waals surface area (Å²) in [6, 6.07) is 17.5. The number of carbonyl (C=O) groups is 1. The van der Waals surface area contributed by atoms with Gasteiger partial charge in [-0.25, -0.2) is 8.42 Å². The van der Waals surface area contributed by atoms with Crippen molar-refractivity contribution in [2.75, 3.05) is 25.5 Å². The molecule has 180 valence electrons. The van der Waals surface area contributed by atoms with E-state index in [-0.39, 0.29) is 34.2 Å². The van der Waals surface area contributed by atoms with Gasteiger partial charge in [0.25, 0.3) is 15.9 Å². The van der Waals surface area contributed by atoms with Crippen LogP contribution in [0.25, 0.3) is 0 Å². The zero-order valence-electron chi connectivity index (χ0n) is 18.9. The minimum absolute atomic E-state index is 0.0464. The zero-order chi connectivity index (χ0) is 24.7. The number of rotatable bonds is 10. The minimum atomic E-state index is -3.88. The lowest BCUT2D eigenvalue weighted by molar-refractivity contribution is -0.123. The first-order valence-corrected chi connectivity index (χ1v) is 12.1. The van der Waals surface area contributed by atoms with Gasteiger partial charge in [0.2, 0.25) is 0 Å². The van der Waals surface area contributed by atoms with Gasteiger partial charge in [0.15, 0.2) is 6.61 Å². The number of hydrogen-bond donors (Lipinski definition) is 2. The third kappa shape index (κ3) is 6.33. The molecule has 2 N–H and O–H groups in total. The van der Waals surface area contributed by atoms with Crippen molar-refractivity contribution in [1.82, 2.24) is 5.32 Å². The lowest BCUT2D eigenvalue weighted by Crippen LogP contribution is -2.31. The van der Waals surface area contributed by atoms with Gasteiger partial charge in [-0.1, -0.05) is 29.8 Å². The molecule has 0 aromatic heterocycles. The fraction of sp³-hybridized carbons (Fsp3) is 0.208. The summed E-state index contributed by atoms with van der Waals surface area (Å²) in [5.74, 6) is 1.09. The highest BCUT2D eigenvalue weighted by atomic mass is 35.5. The molecule has 0 aliphatic heterocycles. The summed E-state index contributed by atoms with van der Waals surface area (Å²) in [6.45, 7) is 1.54. The quantitative estimate of drug-likeness (QED) is 0.424. The Bertz CT molecular complexity index is 1250. The fourth-order valence-electron chi connectivity index (χ4n) is 3.17. The molecular formula is C24H25ClN2O6S. The number of methoxy groups -OCH3 is 2. The topological polar surface area (TPSA) is 103 Å². The second kappa shape index (κ2) is 11.1. The van der Waals surface area contributed by atoms with Crippen molar-refractivity contribution in [1.29, 1.82) is 0 Å². The molecule has 10 heteroatoms. The van der Waals surface area contributed by atoms with Gasteiger partial charge in [0, 0.05) is 11.3 Å². The van der Waals surface area contributed by atoms with Gasteiger partial charge in [-0.2, -0.15) is 0 Å². The van der Waals surface area contributed by atoms with E-state index in [0.717, 1.165) is 5.56 Å². The molecule has 0 aliphatic rings. The van der Waals surface area contributed by atoms with Crippen LogP contribution in [0.15, 0.2) is 71.6 Å². The van der Waals surface area contributed by atoms with Crippen LogP contribution in [-0.2, 0) is 14.8 Å². The van der Waals surface area contributed by atoms with Crippen LogP contribution in [0.4, 0.5) is 5.69 Å². The van der Waals surface area contributed by atoms with Crippen LogP contribution in [0.1, 0.15) is 18.5 Å². The summed E-state index contributed by atoms with van der Waals surface area (Å²) in [5.41, 5.74) is 1.20. The summed E-state index contributed by atoms with van der Waals surface area (Å²) in [4.78, 5) is 12.3. The van der Waals surface area contributed by atoms with Crippen LogP contribution in [0.5, 0.6) is 17.2 Å². The third-order valence-electron chi connectivity index (χ3n) is 4.90. The average molecular weight is 505 g/mol. The number of carbonyl (C=O) groups excluding carboxylic acids is 1. The first-order valence-electron chi connectivity index (χ1n) is 10.2. The van der Waals surface area contributed by atoms with Crippen LogP contribution in [0.2, 0.25) is 5.02 Å². The number of hydrogen-bond acceptors (Lipinski definition) is 6. The van der Waals surface area contributed by atoms with Crippen molar-refractivity contribution in [2.24, 2.45) is 0 Å². The number of ether oxygens (including phenoxy) is 3. The molecule has 0 aliphatic carbocycles. The van der Waals surface area contributed by atoms with Crippen molar-refractivity contribution < 1.29 is 27.4 Å². The Morgan fingerprint density at radius 3 is 2.32 bits per heavy atom. The van der Waals surface area contributed by atoms with Gasteiger partial charge in [-0.05, 0) is 55.5 Å². The number of sulfonamides is 1. The Balaban J connectivity index is 1.61. The predicted octanol–water partition coefficient (Wildman–Crippen LogP) is 4.41. The van der Waals surface area contributed by atoms with E-state index in [4.69, 9.17) is 25.8 Å². The Labute approximate surface area is 203 Å². The van der Waals surface area contributed by atoms with Crippen molar-refractivity contribution in [3.63, 3.8) is 0 Å². The molecule has 34 heavy (non-hydrogen) atoms. The normalized spacial score (nSPS) is 11.9. The lowest BCUT2D eigenvalue weighted by Gasteiger charge is -2.17. The van der Waals surface area contributed by atoms with Crippen molar-refractivity contribution >= 4 is 33.2 Å². The molecule has 3 aromatic carbocycles. The summed E-state index contributed by atoms with van der Waals surface area (Å²) in [6.07, 6.45) is 0. The van der Waals surface area contributed by atoms with Gasteiger partial charge < -0.3 is 19.5 Å². The number of halogens is 1. The Morgan fingerprint density at radius 1 is 0.971 bits per heavy atom. The van der Waals surface area contributed by atoms with E-state index in [0.29, 0.717) is 17.2 Å². The van der Waals surface area contributed by atoms with Crippen LogP contribution in [-0.4, -0.2) is 35.2 Å². The van der Waals surface area contributed by atoms with Gasteiger partial charge >= 0.3 is 0 Å². The van der Waals surface area contributed by atoms with Gasteiger partial charge in [-0.3, -0.25) is 9.52 Å². The van der Waals surface area contributed by atoms with E-state index in [1.807, 2.05) is 31.2 Å². The Morgan fingerprint density at radius 2 is 1.68 bits per heavy atom. The Kier molecular flexibility index (Phi) is 8.25. The maximum Gasteiger partial charge on any atom is 0.261 e. The van der Waals surface area contributed by atoms with E-state index in [2.05, 4.69) is 10.0 Å². The molecule has 0 unspecified atom stereocenters. The van der Waals surface area contributed by atoms with Gasteiger partial charge in [0.1, 0.15) is 17.2 Å². The average Bonchev–Trinajstić information content (AvgIpc) is 2.83. The molecule has 0 spiro atoms. The van der Waals surface area contributed by atoms with Gasteiger partial charge in [-0.15, -0.1) is 0 Å². The highest BCUT2D eigenvalue weighted by molar-refractivity contribution is 7.92. The van der Waals surface area contributed by atoms with E-state index in [9.17, 15) is 13.2 Å². The SMILES string of the molecule is COc1ccc(NS(=O)(=O)c2ccc(OCC(=O)N[C@H](C)c3ccccc3OC)c(Cl)c2)cc1. The van der Waals surface area contributed by atoms with Crippen LogP contribution in [0, 0.1) is 0 Å². The lowest BCUT2D eigenvalue weighted by atomic mass is 10.1. The smallest absolute Gasteiger partial charge is 0.261 e. The summed E-state index contributed by atoms with van der Waals surface area (Å²) in [7, 11) is -0.791. The predicted molar refractivity (Wildman–Crippen MR) is 130 cm³/mol. The largest absolute Gasteiger partial charge is 0.497 e. The molecule has 0 fully saturated rings. The molecule has 8 nitrogen and oxygen atoms in total. The molecule has 3 aromatic rings. The van der Waals surface area contributed by atoms with Crippen LogP contribution in [0.3, 0.4) is 0 Å². The molecule has 0 heterocycles. The van der Waals surface area contributed by atoms with E-state index in [1.54, 1.807) is 31.4 Å². The number of para-hydroxylation sites is 1.